The van der Waals surface area contributed by atoms with Crippen LogP contribution in [-0.2, 0) is 11.8 Å². The first-order chi connectivity index (χ1) is 15.8. The molecule has 0 aliphatic carbocycles. The molecule has 1 N–H and O–H groups in total. The van der Waals surface area contributed by atoms with Gasteiger partial charge >= 0.3 is 5.97 Å². The van der Waals surface area contributed by atoms with Crippen molar-refractivity contribution in [3.8, 4) is 17.1 Å². The van der Waals surface area contributed by atoms with Crippen molar-refractivity contribution in [3.05, 3.63) is 64.5 Å². The van der Waals surface area contributed by atoms with Gasteiger partial charge in [-0.1, -0.05) is 11.6 Å². The third kappa shape index (κ3) is 4.29. The van der Waals surface area contributed by atoms with Gasteiger partial charge in [-0.25, -0.2) is 23.8 Å². The first-order valence-corrected chi connectivity index (χ1v) is 10.5. The summed E-state index contributed by atoms with van der Waals surface area (Å²) in [6.45, 7) is 5.53. The minimum absolute atomic E-state index is 0.274. The fraction of sp³-hybridized carbons (Fsp3) is 0.227. The second-order valence-electron chi connectivity index (χ2n) is 7.21. The van der Waals surface area contributed by atoms with E-state index in [1.807, 2.05) is 0 Å². The summed E-state index contributed by atoms with van der Waals surface area (Å²) in [6.07, 6.45) is 1.38. The Hall–Kier alpha value is -3.79. The number of carbonyl (C=O) groups is 1. The Bertz CT molecular complexity index is 1330. The van der Waals surface area contributed by atoms with Gasteiger partial charge < -0.3 is 10.1 Å². The van der Waals surface area contributed by atoms with Gasteiger partial charge in [-0.05, 0) is 45.0 Å². The molecule has 3 heterocycles. The third-order valence-electron chi connectivity index (χ3n) is 4.99. The van der Waals surface area contributed by atoms with Crippen LogP contribution in [0.25, 0.3) is 17.1 Å². The number of nitrogens with zero attached hydrogens (tertiary/aromatic N) is 6. The number of rotatable bonds is 6. The minimum atomic E-state index is -0.429. The smallest absolute Gasteiger partial charge is 0.341 e. The van der Waals surface area contributed by atoms with E-state index < -0.39 is 5.97 Å². The Labute approximate surface area is 194 Å². The van der Waals surface area contributed by atoms with Gasteiger partial charge in [0.1, 0.15) is 40.1 Å². The third-order valence-corrected chi connectivity index (χ3v) is 5.35. The number of ether oxygens (including phenoxy) is 1. The average molecular weight is 470 g/mol. The van der Waals surface area contributed by atoms with Crippen molar-refractivity contribution in [2.45, 2.75) is 20.8 Å². The van der Waals surface area contributed by atoms with Gasteiger partial charge in [0, 0.05) is 18.7 Å². The van der Waals surface area contributed by atoms with Gasteiger partial charge in [-0.2, -0.15) is 10.2 Å². The maximum Gasteiger partial charge on any atom is 0.341 e. The van der Waals surface area contributed by atoms with Crippen molar-refractivity contribution in [2.75, 3.05) is 11.9 Å². The van der Waals surface area contributed by atoms with E-state index in [4.69, 9.17) is 16.3 Å². The summed E-state index contributed by atoms with van der Waals surface area (Å²) in [5.41, 5.74) is 2.74. The average Bonchev–Trinajstić information content (AvgIpc) is 3.24. The van der Waals surface area contributed by atoms with E-state index in [2.05, 4.69) is 25.5 Å². The number of esters is 1. The SMILES string of the molecule is CCOC(=O)c1c(C)nn(-c2cc(Nc3c(Cl)c(-c4ccc(F)cc4)nn3C)ncn2)c1C. The molecule has 11 heteroatoms. The number of halogens is 2. The topological polar surface area (TPSA) is 99.8 Å². The Balaban J connectivity index is 1.66. The standard InChI is InChI=1S/C22H21ClFN7O2/c1-5-33-22(32)18-12(2)28-31(13(18)3)17-10-16(25-11-26-17)27-21-19(23)20(29-30(21)4)14-6-8-15(24)9-7-14/h6-11H,5H2,1-4H3,(H,25,26,27). The molecule has 0 bridgehead atoms. The highest BCUT2D eigenvalue weighted by Gasteiger charge is 2.22. The molecule has 0 spiro atoms. The Kier molecular flexibility index (Phi) is 6.10. The fourth-order valence-corrected chi connectivity index (χ4v) is 3.76. The predicted octanol–water partition coefficient (Wildman–Crippen LogP) is 4.39. The van der Waals surface area contributed by atoms with E-state index in [1.54, 1.807) is 55.4 Å². The Morgan fingerprint density at radius 1 is 1.18 bits per heavy atom. The van der Waals surface area contributed by atoms with Gasteiger partial charge in [0.15, 0.2) is 5.82 Å². The van der Waals surface area contributed by atoms with E-state index >= 15 is 0 Å². The van der Waals surface area contributed by atoms with Crippen molar-refractivity contribution in [1.82, 2.24) is 29.5 Å². The molecule has 0 fully saturated rings. The second kappa shape index (κ2) is 8.99. The molecule has 3 aromatic heterocycles. The molecule has 1 aromatic carbocycles. The van der Waals surface area contributed by atoms with Crippen LogP contribution >= 0.6 is 11.6 Å². The van der Waals surface area contributed by atoms with Crippen molar-refractivity contribution in [3.63, 3.8) is 0 Å². The van der Waals surface area contributed by atoms with Crippen LogP contribution in [0.4, 0.5) is 16.0 Å². The monoisotopic (exact) mass is 469 g/mol. The molecule has 0 aliphatic rings. The molecule has 0 saturated carbocycles. The molecule has 0 unspecified atom stereocenters. The first-order valence-electron chi connectivity index (χ1n) is 10.1. The van der Waals surface area contributed by atoms with E-state index in [0.29, 0.717) is 50.7 Å². The molecule has 0 saturated heterocycles. The van der Waals surface area contributed by atoms with Crippen LogP contribution in [0.15, 0.2) is 36.7 Å². The van der Waals surface area contributed by atoms with Crippen molar-refractivity contribution in [2.24, 2.45) is 7.05 Å². The molecule has 33 heavy (non-hydrogen) atoms. The number of anilines is 2. The summed E-state index contributed by atoms with van der Waals surface area (Å²) in [5.74, 6) is 0.636. The highest BCUT2D eigenvalue weighted by molar-refractivity contribution is 6.35. The number of hydrogen-bond donors (Lipinski definition) is 1. The van der Waals surface area contributed by atoms with Gasteiger partial charge in [-0.15, -0.1) is 0 Å². The molecule has 0 amide bonds. The number of aryl methyl sites for hydroxylation is 2. The number of aromatic nitrogens is 6. The highest BCUT2D eigenvalue weighted by Crippen LogP contribution is 2.34. The van der Waals surface area contributed by atoms with Crippen LogP contribution in [-0.4, -0.2) is 42.1 Å². The fourth-order valence-electron chi connectivity index (χ4n) is 3.44. The van der Waals surface area contributed by atoms with Crippen molar-refractivity contribution < 1.29 is 13.9 Å². The molecule has 4 aromatic rings. The largest absolute Gasteiger partial charge is 0.462 e. The van der Waals surface area contributed by atoms with Crippen LogP contribution in [0.1, 0.15) is 28.7 Å². The van der Waals surface area contributed by atoms with Crippen LogP contribution in [0.5, 0.6) is 0 Å². The molecule has 0 atom stereocenters. The van der Waals surface area contributed by atoms with Crippen molar-refractivity contribution >= 4 is 29.2 Å². The first kappa shape index (κ1) is 22.4. The molecule has 4 rings (SSSR count). The predicted molar refractivity (Wildman–Crippen MR) is 121 cm³/mol. The summed E-state index contributed by atoms with van der Waals surface area (Å²) in [4.78, 5) is 20.8. The quantitative estimate of drug-likeness (QED) is 0.418. The lowest BCUT2D eigenvalue weighted by molar-refractivity contribution is 0.0524. The van der Waals surface area contributed by atoms with E-state index in [0.717, 1.165) is 0 Å². The zero-order chi connectivity index (χ0) is 23.7. The van der Waals surface area contributed by atoms with E-state index in [9.17, 15) is 9.18 Å². The minimum Gasteiger partial charge on any atom is -0.462 e. The zero-order valence-electron chi connectivity index (χ0n) is 18.4. The van der Waals surface area contributed by atoms with Crippen LogP contribution < -0.4 is 5.32 Å². The second-order valence-corrected chi connectivity index (χ2v) is 7.58. The highest BCUT2D eigenvalue weighted by atomic mass is 35.5. The van der Waals surface area contributed by atoms with E-state index in [-0.39, 0.29) is 12.4 Å². The van der Waals surface area contributed by atoms with Gasteiger partial charge in [0.25, 0.3) is 0 Å². The maximum atomic E-state index is 13.3. The molecule has 170 valence electrons. The summed E-state index contributed by atoms with van der Waals surface area (Å²) in [5, 5.41) is 12.4. The molecular weight excluding hydrogens is 449 g/mol. The van der Waals surface area contributed by atoms with E-state index in [1.165, 1.54) is 18.5 Å². The molecular formula is C22H21ClFN7O2. The Morgan fingerprint density at radius 2 is 1.91 bits per heavy atom. The normalized spacial score (nSPS) is 11.0. The van der Waals surface area contributed by atoms with Gasteiger partial charge in [0.05, 0.1) is 18.0 Å². The van der Waals surface area contributed by atoms with Crippen LogP contribution in [0.2, 0.25) is 5.02 Å². The molecule has 0 aliphatic heterocycles. The lowest BCUT2D eigenvalue weighted by Crippen LogP contribution is -2.09. The van der Waals surface area contributed by atoms with Gasteiger partial charge in [-0.3, -0.25) is 4.68 Å². The summed E-state index contributed by atoms with van der Waals surface area (Å²) in [6, 6.07) is 7.60. The lowest BCUT2D eigenvalue weighted by atomic mass is 10.1. The number of nitrogens with one attached hydrogen (secondary N) is 1. The molecule has 0 radical (unpaired) electrons. The van der Waals surface area contributed by atoms with Crippen LogP contribution in [0.3, 0.4) is 0 Å². The summed E-state index contributed by atoms with van der Waals surface area (Å²) >= 11 is 6.57. The summed E-state index contributed by atoms with van der Waals surface area (Å²) in [7, 11) is 1.73. The number of benzene rings is 1. The zero-order valence-corrected chi connectivity index (χ0v) is 19.2. The van der Waals surface area contributed by atoms with Crippen molar-refractivity contribution in [1.29, 1.82) is 0 Å². The summed E-state index contributed by atoms with van der Waals surface area (Å²) < 4.78 is 21.5. The number of hydrogen-bond acceptors (Lipinski definition) is 7. The molecule has 9 nitrogen and oxygen atoms in total. The maximum absolute atomic E-state index is 13.3. The number of carbonyl (C=O) groups excluding carboxylic acids is 1. The van der Waals surface area contributed by atoms with Gasteiger partial charge in [0.2, 0.25) is 0 Å². The Morgan fingerprint density at radius 3 is 2.61 bits per heavy atom. The lowest BCUT2D eigenvalue weighted by Gasteiger charge is -2.09. The van der Waals surface area contributed by atoms with Crippen LogP contribution in [0, 0.1) is 19.7 Å².